The molecule has 0 aliphatic heterocycles. The number of rotatable bonds is 4. The molecule has 5 unspecified atom stereocenters. The number of aliphatic hydroxyl groups excluding tert-OH is 2. The quantitative estimate of drug-likeness (QED) is 0.693. The molecule has 132 valence electrons. The minimum atomic E-state index is -1.04. The number of fused-ring (bicyclic) bond motifs is 1. The van der Waals surface area contributed by atoms with Crippen LogP contribution in [0, 0.1) is 17.3 Å². The fourth-order valence-corrected chi connectivity index (χ4v) is 4.43. The molecule has 0 aromatic carbocycles. The molecule has 0 aromatic rings. The molecule has 3 N–H and O–H groups in total. The molecule has 0 aromatic heterocycles. The van der Waals surface area contributed by atoms with Crippen molar-refractivity contribution >= 4 is 0 Å². The van der Waals surface area contributed by atoms with Gasteiger partial charge in [-0.05, 0) is 81.6 Å². The maximum atomic E-state index is 10.1. The lowest BCUT2D eigenvalue weighted by molar-refractivity contribution is -0.0759. The van der Waals surface area contributed by atoms with Gasteiger partial charge in [0.1, 0.15) is 0 Å². The van der Waals surface area contributed by atoms with E-state index in [4.69, 9.17) is 0 Å². The van der Waals surface area contributed by atoms with Crippen molar-refractivity contribution in [1.29, 1.82) is 0 Å². The zero-order valence-corrected chi connectivity index (χ0v) is 15.0. The summed E-state index contributed by atoms with van der Waals surface area (Å²) in [5, 5.41) is 30.2. The largest absolute Gasteiger partial charge is 0.390 e. The van der Waals surface area contributed by atoms with Crippen molar-refractivity contribution in [3.05, 3.63) is 24.3 Å². The van der Waals surface area contributed by atoms with E-state index in [-0.39, 0.29) is 5.41 Å². The van der Waals surface area contributed by atoms with Crippen LogP contribution in [0.25, 0.3) is 0 Å². The zero-order chi connectivity index (χ0) is 17.4. The lowest BCUT2D eigenvalue weighted by Crippen LogP contribution is -2.48. The van der Waals surface area contributed by atoms with Gasteiger partial charge in [0.25, 0.3) is 0 Å². The summed E-state index contributed by atoms with van der Waals surface area (Å²) in [5.74, 6) is 1.09. The van der Waals surface area contributed by atoms with Gasteiger partial charge in [0.05, 0.1) is 17.8 Å². The second-order valence-electron chi connectivity index (χ2n) is 8.69. The van der Waals surface area contributed by atoms with Gasteiger partial charge in [0, 0.05) is 0 Å². The van der Waals surface area contributed by atoms with Gasteiger partial charge in [0.15, 0.2) is 0 Å². The molecule has 0 heterocycles. The predicted molar refractivity (Wildman–Crippen MR) is 94.0 cm³/mol. The Morgan fingerprint density at radius 2 is 1.83 bits per heavy atom. The Kier molecular flexibility index (Phi) is 5.44. The molecule has 2 rings (SSSR count). The van der Waals surface area contributed by atoms with Crippen molar-refractivity contribution in [1.82, 2.24) is 0 Å². The Labute approximate surface area is 141 Å². The minimum Gasteiger partial charge on any atom is -0.390 e. The molecular weight excluding hydrogens is 288 g/mol. The van der Waals surface area contributed by atoms with E-state index >= 15 is 0 Å². The van der Waals surface area contributed by atoms with Crippen molar-refractivity contribution in [3.8, 4) is 0 Å². The van der Waals surface area contributed by atoms with Crippen LogP contribution >= 0.6 is 0 Å². The van der Waals surface area contributed by atoms with Crippen molar-refractivity contribution in [3.63, 3.8) is 0 Å². The van der Waals surface area contributed by atoms with Gasteiger partial charge >= 0.3 is 0 Å². The summed E-state index contributed by atoms with van der Waals surface area (Å²) >= 11 is 0. The first kappa shape index (κ1) is 18.7. The van der Waals surface area contributed by atoms with Crippen LogP contribution in [0.4, 0.5) is 0 Å². The van der Waals surface area contributed by atoms with Gasteiger partial charge < -0.3 is 15.3 Å². The number of hydrogen-bond acceptors (Lipinski definition) is 3. The fraction of sp³-hybridized carbons (Fsp3) is 0.800. The molecule has 5 atom stereocenters. The van der Waals surface area contributed by atoms with Crippen LogP contribution in [-0.4, -0.2) is 33.1 Å². The van der Waals surface area contributed by atoms with Gasteiger partial charge in [-0.15, -0.1) is 0 Å². The van der Waals surface area contributed by atoms with Gasteiger partial charge in [-0.2, -0.15) is 0 Å². The van der Waals surface area contributed by atoms with Crippen LogP contribution in [0.1, 0.15) is 65.7 Å². The highest BCUT2D eigenvalue weighted by Crippen LogP contribution is 2.59. The zero-order valence-electron chi connectivity index (χ0n) is 15.0. The third-order valence-electron chi connectivity index (χ3n) is 6.38. The molecule has 0 amide bonds. The van der Waals surface area contributed by atoms with E-state index in [0.717, 1.165) is 44.1 Å². The average molecular weight is 322 g/mol. The van der Waals surface area contributed by atoms with E-state index in [9.17, 15) is 15.3 Å². The number of aliphatic hydroxyl groups is 3. The molecule has 0 radical (unpaired) electrons. The standard InChI is InChI=1S/C20H34O3/c1-13-7-9-17(21)14(2)6-8-16-15(13)12-20(16,5)11-10-18(22)19(3,4)23/h15-18,21-23H,1-2,6-12H2,3-5H3. The maximum Gasteiger partial charge on any atom is 0.0849 e. The summed E-state index contributed by atoms with van der Waals surface area (Å²) in [6.45, 7) is 13.9. The van der Waals surface area contributed by atoms with Crippen molar-refractivity contribution in [2.24, 2.45) is 17.3 Å². The summed E-state index contributed by atoms with van der Waals surface area (Å²) in [6, 6.07) is 0. The van der Waals surface area contributed by atoms with Crippen LogP contribution in [0.3, 0.4) is 0 Å². The summed E-state index contributed by atoms with van der Waals surface area (Å²) in [4.78, 5) is 0. The highest BCUT2D eigenvalue weighted by Gasteiger charge is 2.50. The lowest BCUT2D eigenvalue weighted by atomic mass is 9.49. The Morgan fingerprint density at radius 1 is 1.22 bits per heavy atom. The van der Waals surface area contributed by atoms with Crippen LogP contribution in [0.2, 0.25) is 0 Å². The normalized spacial score (nSPS) is 37.2. The highest BCUT2D eigenvalue weighted by atomic mass is 16.3. The van der Waals surface area contributed by atoms with Crippen molar-refractivity contribution in [2.75, 3.05) is 0 Å². The molecule has 23 heavy (non-hydrogen) atoms. The first-order valence-electron chi connectivity index (χ1n) is 8.98. The minimum absolute atomic E-state index is 0.190. The van der Waals surface area contributed by atoms with Gasteiger partial charge in [0.2, 0.25) is 0 Å². The third-order valence-corrected chi connectivity index (χ3v) is 6.38. The van der Waals surface area contributed by atoms with E-state index in [0.29, 0.717) is 18.3 Å². The van der Waals surface area contributed by atoms with Gasteiger partial charge in [-0.1, -0.05) is 25.7 Å². The topological polar surface area (TPSA) is 60.7 Å². The molecule has 2 saturated carbocycles. The Balaban J connectivity index is 2.02. The Morgan fingerprint density at radius 3 is 2.43 bits per heavy atom. The highest BCUT2D eigenvalue weighted by molar-refractivity contribution is 5.17. The summed E-state index contributed by atoms with van der Waals surface area (Å²) in [7, 11) is 0. The van der Waals surface area contributed by atoms with E-state index in [2.05, 4.69) is 20.1 Å². The van der Waals surface area contributed by atoms with E-state index in [1.807, 2.05) is 0 Å². The predicted octanol–water partition coefficient (Wildman–Crippen LogP) is 3.59. The second-order valence-corrected chi connectivity index (χ2v) is 8.69. The third kappa shape index (κ3) is 4.07. The molecule has 0 spiro atoms. The van der Waals surface area contributed by atoms with E-state index < -0.39 is 17.8 Å². The Bertz CT molecular complexity index is 462. The first-order valence-corrected chi connectivity index (χ1v) is 8.98. The average Bonchev–Trinajstić information content (AvgIpc) is 2.49. The molecule has 0 saturated heterocycles. The van der Waals surface area contributed by atoms with Crippen LogP contribution < -0.4 is 0 Å². The maximum absolute atomic E-state index is 10.1. The Hall–Kier alpha value is -0.640. The summed E-state index contributed by atoms with van der Waals surface area (Å²) in [5.41, 5.74) is 1.36. The molecule has 2 fully saturated rings. The van der Waals surface area contributed by atoms with Crippen LogP contribution in [0.5, 0.6) is 0 Å². The van der Waals surface area contributed by atoms with Crippen LogP contribution in [0.15, 0.2) is 24.3 Å². The molecule has 3 nitrogen and oxygen atoms in total. The molecule has 3 heteroatoms. The van der Waals surface area contributed by atoms with Crippen molar-refractivity contribution in [2.45, 2.75) is 83.5 Å². The smallest absolute Gasteiger partial charge is 0.0849 e. The number of allylic oxidation sites excluding steroid dienone is 1. The summed E-state index contributed by atoms with van der Waals surface area (Å²) < 4.78 is 0. The van der Waals surface area contributed by atoms with E-state index in [1.54, 1.807) is 13.8 Å². The fourth-order valence-electron chi connectivity index (χ4n) is 4.43. The lowest BCUT2D eigenvalue weighted by Gasteiger charge is -2.55. The van der Waals surface area contributed by atoms with Gasteiger partial charge in [-0.25, -0.2) is 0 Å². The monoisotopic (exact) mass is 322 g/mol. The molecule has 2 aliphatic rings. The second kappa shape index (κ2) is 6.70. The molecule has 0 bridgehead atoms. The first-order chi connectivity index (χ1) is 10.5. The van der Waals surface area contributed by atoms with Crippen LogP contribution in [-0.2, 0) is 0 Å². The molecular formula is C20H34O3. The van der Waals surface area contributed by atoms with E-state index in [1.165, 1.54) is 5.57 Å². The van der Waals surface area contributed by atoms with Crippen molar-refractivity contribution < 1.29 is 15.3 Å². The SMILES string of the molecule is C=C1CCC2C(CC2(C)CCC(O)C(C)(C)O)C(=C)CCC1O. The van der Waals surface area contributed by atoms with Gasteiger partial charge in [-0.3, -0.25) is 0 Å². The summed E-state index contributed by atoms with van der Waals surface area (Å²) in [6.07, 6.45) is 5.10. The molecule has 2 aliphatic carbocycles. The number of hydrogen-bond donors (Lipinski definition) is 3.